The van der Waals surface area contributed by atoms with Gasteiger partial charge in [-0.25, -0.2) is 4.98 Å². The van der Waals surface area contributed by atoms with Gasteiger partial charge in [0.05, 0.1) is 14.2 Å². The Hall–Kier alpha value is -3.13. The summed E-state index contributed by atoms with van der Waals surface area (Å²) in [4.78, 5) is 24.4. The monoisotopic (exact) mass is 438 g/mol. The van der Waals surface area contributed by atoms with Crippen molar-refractivity contribution in [3.63, 3.8) is 0 Å². The van der Waals surface area contributed by atoms with E-state index in [9.17, 15) is 4.79 Å². The first-order valence-corrected chi connectivity index (χ1v) is 11.1. The molecule has 162 valence electrons. The van der Waals surface area contributed by atoms with Crippen molar-refractivity contribution < 1.29 is 14.3 Å². The van der Waals surface area contributed by atoms with Crippen LogP contribution in [0.25, 0.3) is 0 Å². The van der Waals surface area contributed by atoms with Crippen molar-refractivity contribution in [1.82, 2.24) is 14.9 Å². The van der Waals surface area contributed by atoms with E-state index >= 15 is 0 Å². The lowest BCUT2D eigenvalue weighted by Crippen LogP contribution is -2.39. The van der Waals surface area contributed by atoms with E-state index in [0.717, 1.165) is 35.0 Å². The van der Waals surface area contributed by atoms with E-state index in [2.05, 4.69) is 16.4 Å². The molecule has 1 aromatic carbocycles. The third-order valence-corrected chi connectivity index (χ3v) is 6.11. The third kappa shape index (κ3) is 4.64. The van der Waals surface area contributed by atoms with E-state index in [1.807, 2.05) is 29.3 Å². The van der Waals surface area contributed by atoms with Gasteiger partial charge in [-0.3, -0.25) is 9.78 Å². The molecule has 0 bridgehead atoms. The molecule has 1 saturated heterocycles. The number of carbonyl (C=O) groups is 1. The summed E-state index contributed by atoms with van der Waals surface area (Å²) >= 11 is 1.55. The fourth-order valence-electron chi connectivity index (χ4n) is 4.01. The quantitative estimate of drug-likeness (QED) is 0.605. The second kappa shape index (κ2) is 9.34. The Morgan fingerprint density at radius 2 is 2.00 bits per heavy atom. The highest BCUT2D eigenvalue weighted by Crippen LogP contribution is 2.33. The van der Waals surface area contributed by atoms with E-state index in [4.69, 9.17) is 14.5 Å². The van der Waals surface area contributed by atoms with Crippen molar-refractivity contribution in [2.75, 3.05) is 32.6 Å². The van der Waals surface area contributed by atoms with Crippen LogP contribution in [0.3, 0.4) is 0 Å². The van der Waals surface area contributed by atoms with Gasteiger partial charge < -0.3 is 19.7 Å². The molecule has 1 aliphatic heterocycles. The summed E-state index contributed by atoms with van der Waals surface area (Å²) in [6, 6.07) is 9.47. The Morgan fingerprint density at radius 1 is 1.23 bits per heavy atom. The number of amides is 1. The summed E-state index contributed by atoms with van der Waals surface area (Å²) in [6.07, 6.45) is 3.68. The number of thiazole rings is 1. The third-order valence-electron chi connectivity index (χ3n) is 5.43. The van der Waals surface area contributed by atoms with Crippen LogP contribution >= 0.6 is 11.3 Å². The SMILES string of the molecule is COc1cccc(OC)c1C(=O)N1CCC[C@@H](c2cc(Nc3nccs3)cc(C)n2)C1. The maximum atomic E-state index is 13.4. The molecule has 7 nitrogen and oxygen atoms in total. The molecule has 2 aromatic heterocycles. The van der Waals surface area contributed by atoms with Crippen molar-refractivity contribution >= 4 is 28.1 Å². The lowest BCUT2D eigenvalue weighted by Gasteiger charge is -2.33. The Kier molecular flexibility index (Phi) is 6.36. The van der Waals surface area contributed by atoms with Crippen LogP contribution in [-0.2, 0) is 0 Å². The van der Waals surface area contributed by atoms with Crippen LogP contribution < -0.4 is 14.8 Å². The number of rotatable bonds is 6. The average molecular weight is 439 g/mol. The molecule has 0 spiro atoms. The van der Waals surface area contributed by atoms with Crippen LogP contribution in [0, 0.1) is 6.92 Å². The molecule has 1 fully saturated rings. The molecule has 3 heterocycles. The molecule has 0 radical (unpaired) electrons. The van der Waals surface area contributed by atoms with Crippen molar-refractivity contribution in [1.29, 1.82) is 0 Å². The number of ether oxygens (including phenoxy) is 2. The number of anilines is 2. The first kappa shape index (κ1) is 21.1. The van der Waals surface area contributed by atoms with Gasteiger partial charge in [0.15, 0.2) is 5.13 Å². The first-order chi connectivity index (χ1) is 15.1. The number of pyridine rings is 1. The molecule has 4 rings (SSSR count). The predicted octanol–water partition coefficient (Wildman–Crippen LogP) is 4.63. The molecule has 1 N–H and O–H groups in total. The molecule has 1 aliphatic rings. The largest absolute Gasteiger partial charge is 0.496 e. The van der Waals surface area contributed by atoms with Gasteiger partial charge in [0.25, 0.3) is 5.91 Å². The van der Waals surface area contributed by atoms with E-state index in [-0.39, 0.29) is 11.8 Å². The molecular formula is C23H26N4O3S. The summed E-state index contributed by atoms with van der Waals surface area (Å²) in [6.45, 7) is 3.29. The van der Waals surface area contributed by atoms with Crippen molar-refractivity contribution in [3.8, 4) is 11.5 Å². The summed E-state index contributed by atoms with van der Waals surface area (Å²) in [5.74, 6) is 1.13. The van der Waals surface area contributed by atoms with Gasteiger partial charge in [0.1, 0.15) is 17.1 Å². The molecule has 31 heavy (non-hydrogen) atoms. The number of carbonyl (C=O) groups excluding carboxylic acids is 1. The van der Waals surface area contributed by atoms with Crippen LogP contribution in [0.1, 0.15) is 40.5 Å². The smallest absolute Gasteiger partial charge is 0.261 e. The molecule has 8 heteroatoms. The number of hydrogen-bond acceptors (Lipinski definition) is 7. The standard InChI is InChI=1S/C23H26N4O3S/c1-15-12-17(26-23-24-9-11-31-23)13-18(25-15)16-6-5-10-27(14-16)22(28)21-19(29-2)7-4-8-20(21)30-3/h4,7-9,11-13,16H,5-6,10,14H2,1-3H3,(H,24,25,26)/t16-/m1/s1. The Labute approximate surface area is 186 Å². The number of aryl methyl sites for hydroxylation is 1. The van der Waals surface area contributed by atoms with E-state index < -0.39 is 0 Å². The van der Waals surface area contributed by atoms with Gasteiger partial charge in [-0.1, -0.05) is 6.07 Å². The number of nitrogens with zero attached hydrogens (tertiary/aromatic N) is 3. The summed E-state index contributed by atoms with van der Waals surface area (Å²) in [5, 5.41) is 6.13. The van der Waals surface area contributed by atoms with Crippen molar-refractivity contribution in [2.24, 2.45) is 0 Å². The lowest BCUT2D eigenvalue weighted by molar-refractivity contribution is 0.0699. The lowest BCUT2D eigenvalue weighted by atomic mass is 9.93. The molecule has 0 unspecified atom stereocenters. The number of hydrogen-bond donors (Lipinski definition) is 1. The zero-order valence-corrected chi connectivity index (χ0v) is 18.7. The van der Waals surface area contributed by atoms with Gasteiger partial charge in [-0.2, -0.15) is 0 Å². The van der Waals surface area contributed by atoms with Gasteiger partial charge in [0.2, 0.25) is 0 Å². The predicted molar refractivity (Wildman–Crippen MR) is 122 cm³/mol. The van der Waals surface area contributed by atoms with Crippen LogP contribution in [0.5, 0.6) is 11.5 Å². The average Bonchev–Trinajstić information content (AvgIpc) is 3.30. The van der Waals surface area contributed by atoms with Crippen LogP contribution in [0.4, 0.5) is 10.8 Å². The maximum Gasteiger partial charge on any atom is 0.261 e. The number of nitrogens with one attached hydrogen (secondary N) is 1. The van der Waals surface area contributed by atoms with Crippen molar-refractivity contribution in [3.05, 3.63) is 58.9 Å². The molecule has 0 aliphatic carbocycles. The fraction of sp³-hybridized carbons (Fsp3) is 0.348. The minimum atomic E-state index is -0.0761. The summed E-state index contributed by atoms with van der Waals surface area (Å²) in [5.41, 5.74) is 3.36. The number of benzene rings is 1. The Balaban J connectivity index is 1.57. The number of aromatic nitrogens is 2. The van der Waals surface area contributed by atoms with Crippen LogP contribution in [0.2, 0.25) is 0 Å². The van der Waals surface area contributed by atoms with E-state index in [0.29, 0.717) is 30.2 Å². The minimum absolute atomic E-state index is 0.0761. The van der Waals surface area contributed by atoms with Crippen LogP contribution in [-0.4, -0.2) is 48.1 Å². The summed E-state index contributed by atoms with van der Waals surface area (Å²) < 4.78 is 10.9. The highest BCUT2D eigenvalue weighted by Gasteiger charge is 2.30. The van der Waals surface area contributed by atoms with Crippen LogP contribution in [0.15, 0.2) is 41.9 Å². The Morgan fingerprint density at radius 3 is 2.68 bits per heavy atom. The van der Waals surface area contributed by atoms with E-state index in [1.165, 1.54) is 0 Å². The maximum absolute atomic E-state index is 13.4. The highest BCUT2D eigenvalue weighted by atomic mass is 32.1. The van der Waals surface area contributed by atoms with Gasteiger partial charge >= 0.3 is 0 Å². The molecule has 3 aromatic rings. The van der Waals surface area contributed by atoms with Gasteiger partial charge in [0, 0.05) is 47.7 Å². The molecule has 1 amide bonds. The number of likely N-dealkylation sites (tertiary alicyclic amines) is 1. The zero-order chi connectivity index (χ0) is 21.8. The van der Waals surface area contributed by atoms with E-state index in [1.54, 1.807) is 43.9 Å². The summed E-state index contributed by atoms with van der Waals surface area (Å²) in [7, 11) is 3.14. The first-order valence-electron chi connectivity index (χ1n) is 10.2. The van der Waals surface area contributed by atoms with Crippen molar-refractivity contribution in [2.45, 2.75) is 25.7 Å². The Bertz CT molecular complexity index is 1030. The number of piperidine rings is 1. The molecule has 1 atom stereocenters. The van der Waals surface area contributed by atoms with Gasteiger partial charge in [-0.05, 0) is 44.0 Å². The second-order valence-electron chi connectivity index (χ2n) is 7.51. The zero-order valence-electron chi connectivity index (χ0n) is 17.9. The fourth-order valence-corrected chi connectivity index (χ4v) is 4.56. The normalized spacial score (nSPS) is 16.1. The molecular weight excluding hydrogens is 412 g/mol. The van der Waals surface area contributed by atoms with Gasteiger partial charge in [-0.15, -0.1) is 11.3 Å². The minimum Gasteiger partial charge on any atom is -0.496 e. The molecule has 0 saturated carbocycles. The topological polar surface area (TPSA) is 76.6 Å². The highest BCUT2D eigenvalue weighted by molar-refractivity contribution is 7.13. The number of methoxy groups -OCH3 is 2. The second-order valence-corrected chi connectivity index (χ2v) is 8.41.